The summed E-state index contributed by atoms with van der Waals surface area (Å²) in [4.78, 5) is 12.6. The topological polar surface area (TPSA) is 103 Å². The monoisotopic (exact) mass is 514 g/mol. The van der Waals surface area contributed by atoms with Crippen LogP contribution in [0, 0.1) is 0 Å². The van der Waals surface area contributed by atoms with Gasteiger partial charge in [0.05, 0.1) is 35.3 Å². The van der Waals surface area contributed by atoms with Crippen LogP contribution in [0.25, 0.3) is 11.4 Å². The molecule has 1 heterocycles. The molecule has 0 aliphatic heterocycles. The molecule has 0 spiro atoms. The van der Waals surface area contributed by atoms with E-state index in [1.807, 2.05) is 24.3 Å². The minimum Gasteiger partial charge on any atom is -0.504 e. The van der Waals surface area contributed by atoms with Crippen molar-refractivity contribution in [3.05, 3.63) is 53.1 Å². The van der Waals surface area contributed by atoms with Crippen LogP contribution in [0.2, 0.25) is 5.02 Å². The molecule has 0 radical (unpaired) electrons. The fraction of sp³-hybridized carbons (Fsp3) is 0.360. The number of hydrogen-bond acceptors (Lipinski definition) is 6. The lowest BCUT2D eigenvalue weighted by Crippen LogP contribution is -2.43. The van der Waals surface area contributed by atoms with Gasteiger partial charge in [-0.1, -0.05) is 18.0 Å². The Morgan fingerprint density at radius 2 is 2.00 bits per heavy atom. The van der Waals surface area contributed by atoms with Crippen molar-refractivity contribution < 1.29 is 19.2 Å². The number of methoxy groups -OCH3 is 1. The van der Waals surface area contributed by atoms with Gasteiger partial charge in [-0.3, -0.25) is 4.79 Å². The number of rotatable bonds is 8. The zero-order valence-corrected chi connectivity index (χ0v) is 21.3. The number of aromatic hydroxyl groups is 1. The molecule has 10 heteroatoms. The number of nitrogens with zero attached hydrogens (tertiary/aromatic N) is 3. The van der Waals surface area contributed by atoms with Crippen LogP contribution >= 0.6 is 23.4 Å². The predicted octanol–water partition coefficient (Wildman–Crippen LogP) is 4.87. The van der Waals surface area contributed by atoms with Gasteiger partial charge in [-0.25, -0.2) is 9.99 Å². The molecule has 0 saturated heterocycles. The smallest absolute Gasteiger partial charge is 0.337 e. The first-order valence-corrected chi connectivity index (χ1v) is 12.9. The van der Waals surface area contributed by atoms with Crippen LogP contribution < -0.4 is 14.7 Å². The summed E-state index contributed by atoms with van der Waals surface area (Å²) in [6, 6.07) is 12.9. The lowest BCUT2D eigenvalue weighted by molar-refractivity contribution is -0.749. The number of thioether (sulfide) groups is 1. The summed E-state index contributed by atoms with van der Waals surface area (Å²) in [6.45, 7) is 1.78. The van der Waals surface area contributed by atoms with E-state index in [9.17, 15) is 9.90 Å². The van der Waals surface area contributed by atoms with E-state index in [1.165, 1.54) is 44.2 Å². The van der Waals surface area contributed by atoms with E-state index in [-0.39, 0.29) is 17.4 Å². The largest absolute Gasteiger partial charge is 0.504 e. The number of ether oxygens (including phenoxy) is 1. The second-order valence-corrected chi connectivity index (χ2v) is 9.81. The Bertz CT molecular complexity index is 1210. The molecule has 0 atom stereocenters. The van der Waals surface area contributed by atoms with E-state index in [1.54, 1.807) is 19.1 Å². The Morgan fingerprint density at radius 1 is 1.26 bits per heavy atom. The van der Waals surface area contributed by atoms with Gasteiger partial charge < -0.3 is 9.84 Å². The number of carbonyl (C=O) groups is 1. The number of hydrazone groups is 1. The molecule has 35 heavy (non-hydrogen) atoms. The number of aromatic amines is 1. The second-order valence-electron chi connectivity index (χ2n) is 8.43. The van der Waals surface area contributed by atoms with Gasteiger partial charge >= 0.3 is 5.16 Å². The van der Waals surface area contributed by atoms with Crippen molar-refractivity contribution in [1.82, 2.24) is 15.6 Å². The van der Waals surface area contributed by atoms with Crippen LogP contribution in [0.4, 0.5) is 0 Å². The van der Waals surface area contributed by atoms with Gasteiger partial charge in [-0.2, -0.15) is 5.10 Å². The van der Waals surface area contributed by atoms with Crippen molar-refractivity contribution in [2.45, 2.75) is 50.2 Å². The van der Waals surface area contributed by atoms with E-state index in [0.717, 1.165) is 34.9 Å². The minimum absolute atomic E-state index is 0.0488. The molecule has 3 N–H and O–H groups in total. The van der Waals surface area contributed by atoms with Gasteiger partial charge in [0.2, 0.25) is 0 Å². The van der Waals surface area contributed by atoms with Gasteiger partial charge in [-0.05, 0) is 86.8 Å². The SMILES string of the molecule is COc1cc(/C(C)=N\NC(=O)CSc2n[nH]c(-c3ccc(Cl)cc3)[n+]2C2CCCCC2)ccc1O. The number of phenols is 1. The molecule has 1 amide bonds. The van der Waals surface area contributed by atoms with Crippen LogP contribution in [0.3, 0.4) is 0 Å². The van der Waals surface area contributed by atoms with Crippen molar-refractivity contribution in [2.24, 2.45) is 5.10 Å². The molecular weight excluding hydrogens is 486 g/mol. The first-order chi connectivity index (χ1) is 17.0. The average molecular weight is 515 g/mol. The van der Waals surface area contributed by atoms with E-state index in [2.05, 4.69) is 25.3 Å². The summed E-state index contributed by atoms with van der Waals surface area (Å²) >= 11 is 7.46. The maximum atomic E-state index is 12.6. The van der Waals surface area contributed by atoms with Crippen LogP contribution in [0.1, 0.15) is 50.6 Å². The molecule has 2 aromatic carbocycles. The van der Waals surface area contributed by atoms with Gasteiger partial charge in [0.25, 0.3) is 11.7 Å². The van der Waals surface area contributed by atoms with Crippen LogP contribution in [0.15, 0.2) is 52.7 Å². The molecule has 1 aliphatic rings. The summed E-state index contributed by atoms with van der Waals surface area (Å²) < 4.78 is 7.37. The highest BCUT2D eigenvalue weighted by atomic mass is 35.5. The van der Waals surface area contributed by atoms with E-state index < -0.39 is 0 Å². The van der Waals surface area contributed by atoms with Gasteiger partial charge in [0, 0.05) is 10.6 Å². The van der Waals surface area contributed by atoms with Crippen molar-refractivity contribution in [3.8, 4) is 22.9 Å². The molecule has 0 unspecified atom stereocenters. The molecule has 1 aliphatic carbocycles. The van der Waals surface area contributed by atoms with Gasteiger partial charge in [0.1, 0.15) is 0 Å². The number of nitrogens with one attached hydrogen (secondary N) is 2. The predicted molar refractivity (Wildman–Crippen MR) is 137 cm³/mol. The summed E-state index contributed by atoms with van der Waals surface area (Å²) in [5, 5.41) is 23.2. The fourth-order valence-corrected chi connectivity index (χ4v) is 5.11. The Morgan fingerprint density at radius 3 is 2.71 bits per heavy atom. The third-order valence-corrected chi connectivity index (χ3v) is 7.24. The van der Waals surface area contributed by atoms with Crippen molar-refractivity contribution in [2.75, 3.05) is 12.9 Å². The maximum Gasteiger partial charge on any atom is 0.337 e. The van der Waals surface area contributed by atoms with Crippen molar-refractivity contribution in [1.29, 1.82) is 0 Å². The fourth-order valence-electron chi connectivity index (χ4n) is 4.17. The zero-order valence-electron chi connectivity index (χ0n) is 19.8. The number of halogens is 1. The lowest BCUT2D eigenvalue weighted by Gasteiger charge is -2.21. The maximum absolute atomic E-state index is 12.6. The van der Waals surface area contributed by atoms with Crippen LogP contribution in [0.5, 0.6) is 11.5 Å². The summed E-state index contributed by atoms with van der Waals surface area (Å²) in [5.41, 5.74) is 4.96. The third kappa shape index (κ3) is 6.15. The summed E-state index contributed by atoms with van der Waals surface area (Å²) in [6.07, 6.45) is 5.79. The Hall–Kier alpha value is -3.04. The van der Waals surface area contributed by atoms with Crippen LogP contribution in [-0.2, 0) is 4.79 Å². The first kappa shape index (κ1) is 25.1. The second kappa shape index (κ2) is 11.6. The normalized spacial score (nSPS) is 14.7. The Labute approximate surface area is 213 Å². The molecule has 1 aromatic heterocycles. The average Bonchev–Trinajstić information content (AvgIpc) is 3.31. The lowest BCUT2D eigenvalue weighted by atomic mass is 9.95. The molecule has 3 aromatic rings. The summed E-state index contributed by atoms with van der Waals surface area (Å²) in [5.74, 6) is 1.26. The van der Waals surface area contributed by atoms with Crippen molar-refractivity contribution >= 4 is 35.0 Å². The van der Waals surface area contributed by atoms with Crippen LogP contribution in [-0.4, -0.2) is 39.8 Å². The molecule has 1 saturated carbocycles. The van der Waals surface area contributed by atoms with Crippen molar-refractivity contribution in [3.63, 3.8) is 0 Å². The minimum atomic E-state index is -0.230. The van der Waals surface area contributed by atoms with Gasteiger partial charge in [0.15, 0.2) is 11.5 Å². The van der Waals surface area contributed by atoms with E-state index in [4.69, 9.17) is 16.3 Å². The number of benzene rings is 2. The summed E-state index contributed by atoms with van der Waals surface area (Å²) in [7, 11) is 1.48. The molecule has 8 nitrogen and oxygen atoms in total. The molecule has 4 rings (SSSR count). The Kier molecular flexibility index (Phi) is 8.30. The highest BCUT2D eigenvalue weighted by Crippen LogP contribution is 2.29. The number of carbonyl (C=O) groups excluding carboxylic acids is 1. The van der Waals surface area contributed by atoms with E-state index >= 15 is 0 Å². The highest BCUT2D eigenvalue weighted by Gasteiger charge is 2.30. The molecular formula is C25H29ClN5O3S+. The molecule has 184 valence electrons. The standard InChI is InChI=1S/C25H28ClN5O3S/c1-16(18-10-13-21(32)22(14-18)34-2)27-28-23(33)15-35-25-30-29-24(17-8-11-19(26)12-9-17)31(25)20-6-4-3-5-7-20/h8-14,20H,3-7,15H2,1-2H3,(H2,27,28,32,33)/p+1. The van der Waals surface area contributed by atoms with Gasteiger partial charge in [-0.15, -0.1) is 5.10 Å². The molecule has 0 bridgehead atoms. The first-order valence-electron chi connectivity index (χ1n) is 11.6. The number of amides is 1. The molecule has 1 fully saturated rings. The third-order valence-electron chi connectivity index (χ3n) is 6.04. The number of H-pyrrole nitrogens is 1. The van der Waals surface area contributed by atoms with E-state index in [0.29, 0.717) is 22.5 Å². The zero-order chi connectivity index (χ0) is 24.8. The number of phenolic OH excluding ortho intramolecular Hbond substituents is 1. The number of aromatic nitrogens is 3. The quantitative estimate of drug-likeness (QED) is 0.172. The Balaban J connectivity index is 1.46. The highest BCUT2D eigenvalue weighted by molar-refractivity contribution is 7.99. The number of hydrogen-bond donors (Lipinski definition) is 3.